The average molecular weight is 305 g/mol. The quantitative estimate of drug-likeness (QED) is 0.777. The van der Waals surface area contributed by atoms with Gasteiger partial charge in [0, 0.05) is 4.47 Å². The highest BCUT2D eigenvalue weighted by atomic mass is 79.9. The Bertz CT molecular complexity index is 574. The largest absolute Gasteiger partial charge is 0.465 e. The molecule has 0 spiro atoms. The van der Waals surface area contributed by atoms with Gasteiger partial charge in [-0.15, -0.1) is 0 Å². The molecular weight excluding hydrogens is 292 g/mol. The maximum Gasteiger partial charge on any atom is 0.337 e. The molecule has 2 aromatic carbocycles. The third-order valence-electron chi connectivity index (χ3n) is 2.80. The van der Waals surface area contributed by atoms with E-state index < -0.39 is 0 Å². The van der Waals surface area contributed by atoms with E-state index in [1.807, 2.05) is 24.3 Å². The van der Waals surface area contributed by atoms with Crippen LogP contribution in [-0.4, -0.2) is 13.1 Å². The van der Waals surface area contributed by atoms with Crippen molar-refractivity contribution < 1.29 is 9.53 Å². The summed E-state index contributed by atoms with van der Waals surface area (Å²) in [7, 11) is 1.38. The minimum atomic E-state index is -0.312. The zero-order valence-corrected chi connectivity index (χ0v) is 11.8. The molecule has 0 aliphatic heterocycles. The molecule has 0 aromatic heterocycles. The maximum atomic E-state index is 11.3. The van der Waals surface area contributed by atoms with E-state index in [-0.39, 0.29) is 5.97 Å². The lowest BCUT2D eigenvalue weighted by Crippen LogP contribution is -2.00. The topological polar surface area (TPSA) is 26.3 Å². The van der Waals surface area contributed by atoms with E-state index in [1.54, 1.807) is 12.1 Å². The summed E-state index contributed by atoms with van der Waals surface area (Å²) in [5.41, 5.74) is 3.96. The Balaban J connectivity index is 2.34. The molecule has 2 nitrogen and oxygen atoms in total. The first-order chi connectivity index (χ1) is 8.61. The molecule has 0 fully saturated rings. The number of carbonyl (C=O) groups excluding carboxylic acids is 1. The second-order valence-electron chi connectivity index (χ2n) is 4.03. The van der Waals surface area contributed by atoms with Gasteiger partial charge in [-0.1, -0.05) is 40.2 Å². The zero-order chi connectivity index (χ0) is 13.1. The number of hydrogen-bond acceptors (Lipinski definition) is 2. The summed E-state index contributed by atoms with van der Waals surface area (Å²) < 4.78 is 5.77. The molecule has 0 bridgehead atoms. The molecule has 0 aliphatic rings. The predicted octanol–water partition coefficient (Wildman–Crippen LogP) is 4.21. The van der Waals surface area contributed by atoms with Crippen molar-refractivity contribution in [1.82, 2.24) is 0 Å². The van der Waals surface area contributed by atoms with Crippen LogP contribution in [0.2, 0.25) is 0 Å². The van der Waals surface area contributed by atoms with Crippen LogP contribution < -0.4 is 0 Å². The van der Waals surface area contributed by atoms with Crippen molar-refractivity contribution in [2.24, 2.45) is 0 Å². The lowest BCUT2D eigenvalue weighted by atomic mass is 10.0. The van der Waals surface area contributed by atoms with E-state index >= 15 is 0 Å². The maximum absolute atomic E-state index is 11.3. The summed E-state index contributed by atoms with van der Waals surface area (Å²) in [4.78, 5) is 11.3. The van der Waals surface area contributed by atoms with Gasteiger partial charge in [-0.2, -0.15) is 0 Å². The number of esters is 1. The molecule has 0 heterocycles. The molecule has 3 heteroatoms. The minimum absolute atomic E-state index is 0.312. The van der Waals surface area contributed by atoms with Crippen LogP contribution in [0.15, 0.2) is 46.9 Å². The Morgan fingerprint density at radius 3 is 2.22 bits per heavy atom. The summed E-state index contributed by atoms with van der Waals surface area (Å²) in [6.07, 6.45) is 0. The number of benzene rings is 2. The lowest BCUT2D eigenvalue weighted by molar-refractivity contribution is 0.0601. The number of ether oxygens (including phenoxy) is 1. The Kier molecular flexibility index (Phi) is 3.82. The summed E-state index contributed by atoms with van der Waals surface area (Å²) in [5.74, 6) is -0.312. The van der Waals surface area contributed by atoms with Crippen LogP contribution in [0.3, 0.4) is 0 Å². The van der Waals surface area contributed by atoms with Gasteiger partial charge in [-0.25, -0.2) is 4.79 Å². The highest BCUT2D eigenvalue weighted by Gasteiger charge is 2.05. The van der Waals surface area contributed by atoms with Crippen LogP contribution in [0.4, 0.5) is 0 Å². The van der Waals surface area contributed by atoms with E-state index in [0.29, 0.717) is 5.56 Å². The predicted molar refractivity (Wildman–Crippen MR) is 75.7 cm³/mol. The van der Waals surface area contributed by atoms with Gasteiger partial charge < -0.3 is 4.74 Å². The number of rotatable bonds is 2. The highest BCUT2D eigenvalue weighted by molar-refractivity contribution is 9.10. The summed E-state index contributed by atoms with van der Waals surface area (Å²) in [6.45, 7) is 2.05. The second-order valence-corrected chi connectivity index (χ2v) is 4.89. The molecule has 0 amide bonds. The number of carbonyl (C=O) groups is 1. The average Bonchev–Trinajstić information content (AvgIpc) is 2.41. The smallest absolute Gasteiger partial charge is 0.337 e. The lowest BCUT2D eigenvalue weighted by Gasteiger charge is -2.05. The Morgan fingerprint density at radius 2 is 1.67 bits per heavy atom. The van der Waals surface area contributed by atoms with Gasteiger partial charge in [0.25, 0.3) is 0 Å². The van der Waals surface area contributed by atoms with Gasteiger partial charge in [0.2, 0.25) is 0 Å². The molecule has 2 rings (SSSR count). The molecule has 0 N–H and O–H groups in total. The highest BCUT2D eigenvalue weighted by Crippen LogP contribution is 2.25. The van der Waals surface area contributed by atoms with E-state index in [0.717, 1.165) is 15.6 Å². The molecule has 0 atom stereocenters. The fourth-order valence-electron chi connectivity index (χ4n) is 1.74. The third kappa shape index (κ3) is 2.62. The molecule has 0 unspecified atom stereocenters. The van der Waals surface area contributed by atoms with E-state index in [2.05, 4.69) is 33.7 Å². The summed E-state index contributed by atoms with van der Waals surface area (Å²) >= 11 is 3.48. The molecule has 0 saturated carbocycles. The van der Waals surface area contributed by atoms with Gasteiger partial charge in [0.1, 0.15) is 0 Å². The standard InChI is InChI=1S/C15H13BrO2/c1-10-9-13(7-8-14(10)16)11-3-5-12(6-4-11)15(17)18-2/h3-9H,1-2H3. The van der Waals surface area contributed by atoms with Crippen LogP contribution in [-0.2, 0) is 4.74 Å². The van der Waals surface area contributed by atoms with Crippen molar-refractivity contribution >= 4 is 21.9 Å². The van der Waals surface area contributed by atoms with Gasteiger partial charge >= 0.3 is 5.97 Å². The van der Waals surface area contributed by atoms with Crippen molar-refractivity contribution in [3.8, 4) is 11.1 Å². The first kappa shape index (κ1) is 12.8. The molecule has 92 valence electrons. The number of methoxy groups -OCH3 is 1. The van der Waals surface area contributed by atoms with Crippen LogP contribution in [0.5, 0.6) is 0 Å². The monoisotopic (exact) mass is 304 g/mol. The Labute approximate surface area is 115 Å². The molecule has 0 radical (unpaired) electrons. The summed E-state index contributed by atoms with van der Waals surface area (Å²) in [5, 5.41) is 0. The second kappa shape index (κ2) is 5.36. The van der Waals surface area contributed by atoms with Crippen molar-refractivity contribution in [3.63, 3.8) is 0 Å². The third-order valence-corrected chi connectivity index (χ3v) is 3.69. The number of hydrogen-bond donors (Lipinski definition) is 0. The minimum Gasteiger partial charge on any atom is -0.465 e. The van der Waals surface area contributed by atoms with Crippen molar-refractivity contribution in [2.45, 2.75) is 6.92 Å². The van der Waals surface area contributed by atoms with Crippen LogP contribution in [0, 0.1) is 6.92 Å². The molecule has 2 aromatic rings. The number of halogens is 1. The molecular formula is C15H13BrO2. The van der Waals surface area contributed by atoms with E-state index in [9.17, 15) is 4.79 Å². The van der Waals surface area contributed by atoms with Gasteiger partial charge in [-0.3, -0.25) is 0 Å². The summed E-state index contributed by atoms with van der Waals surface area (Å²) in [6, 6.07) is 13.6. The van der Waals surface area contributed by atoms with Gasteiger partial charge in [0.15, 0.2) is 0 Å². The molecule has 0 saturated heterocycles. The number of aryl methyl sites for hydroxylation is 1. The van der Waals surface area contributed by atoms with Gasteiger partial charge in [0.05, 0.1) is 12.7 Å². The Morgan fingerprint density at radius 1 is 1.06 bits per heavy atom. The first-order valence-corrected chi connectivity index (χ1v) is 6.36. The van der Waals surface area contributed by atoms with Crippen molar-refractivity contribution in [1.29, 1.82) is 0 Å². The van der Waals surface area contributed by atoms with Gasteiger partial charge in [-0.05, 0) is 41.8 Å². The van der Waals surface area contributed by atoms with Crippen molar-refractivity contribution in [3.05, 3.63) is 58.1 Å². The van der Waals surface area contributed by atoms with Crippen LogP contribution >= 0.6 is 15.9 Å². The van der Waals surface area contributed by atoms with Crippen molar-refractivity contribution in [2.75, 3.05) is 7.11 Å². The molecule has 0 aliphatic carbocycles. The van der Waals surface area contributed by atoms with E-state index in [4.69, 9.17) is 0 Å². The normalized spacial score (nSPS) is 10.2. The fourth-order valence-corrected chi connectivity index (χ4v) is 1.99. The van der Waals surface area contributed by atoms with Crippen LogP contribution in [0.1, 0.15) is 15.9 Å². The fraction of sp³-hybridized carbons (Fsp3) is 0.133. The zero-order valence-electron chi connectivity index (χ0n) is 10.2. The molecule has 18 heavy (non-hydrogen) atoms. The van der Waals surface area contributed by atoms with Crippen LogP contribution in [0.25, 0.3) is 11.1 Å². The first-order valence-electron chi connectivity index (χ1n) is 5.56. The SMILES string of the molecule is COC(=O)c1ccc(-c2ccc(Br)c(C)c2)cc1. The van der Waals surface area contributed by atoms with E-state index in [1.165, 1.54) is 12.7 Å². The Hall–Kier alpha value is -1.61.